The van der Waals surface area contributed by atoms with Gasteiger partial charge in [-0.1, -0.05) is 11.6 Å². The van der Waals surface area contributed by atoms with Gasteiger partial charge in [0.1, 0.15) is 5.82 Å². The van der Waals surface area contributed by atoms with Crippen LogP contribution >= 0.6 is 11.6 Å². The maximum Gasteiger partial charge on any atom is 0.251 e. The fourth-order valence-corrected chi connectivity index (χ4v) is 3.83. The number of hydrogen-bond acceptors (Lipinski definition) is 4. The second-order valence-corrected chi connectivity index (χ2v) is 7.20. The van der Waals surface area contributed by atoms with E-state index in [0.717, 1.165) is 18.8 Å². The van der Waals surface area contributed by atoms with Gasteiger partial charge in [0.05, 0.1) is 18.2 Å². The van der Waals surface area contributed by atoms with Crippen LogP contribution in [0.15, 0.2) is 48.5 Å². The summed E-state index contributed by atoms with van der Waals surface area (Å²) in [6, 6.07) is 12.7. The number of amides is 2. The summed E-state index contributed by atoms with van der Waals surface area (Å²) in [5.41, 5.74) is 1.52. The number of halogens is 2. The Morgan fingerprint density at radius 1 is 0.852 bits per heavy atom. The smallest absolute Gasteiger partial charge is 0.251 e. The van der Waals surface area contributed by atoms with E-state index in [1.165, 1.54) is 17.0 Å². The number of imide groups is 1. The van der Waals surface area contributed by atoms with Crippen LogP contribution in [0.3, 0.4) is 0 Å². The molecule has 2 aromatic rings. The van der Waals surface area contributed by atoms with E-state index in [9.17, 15) is 14.0 Å². The van der Waals surface area contributed by atoms with Gasteiger partial charge in [-0.05, 0) is 48.5 Å². The zero-order valence-electron chi connectivity index (χ0n) is 14.6. The van der Waals surface area contributed by atoms with Gasteiger partial charge in [0, 0.05) is 36.9 Å². The minimum atomic E-state index is -0.427. The molecule has 1 unspecified atom stereocenters. The first-order valence-electron chi connectivity index (χ1n) is 8.90. The van der Waals surface area contributed by atoms with Crippen LogP contribution in [0, 0.1) is 5.82 Å². The van der Waals surface area contributed by atoms with Crippen LogP contribution in [0.25, 0.3) is 0 Å². The van der Waals surface area contributed by atoms with Crippen molar-refractivity contribution in [1.29, 1.82) is 0 Å². The Hall–Kier alpha value is -2.44. The van der Waals surface area contributed by atoms with Crippen molar-refractivity contribution in [2.24, 2.45) is 0 Å². The number of anilines is 2. The van der Waals surface area contributed by atoms with Crippen molar-refractivity contribution in [1.82, 2.24) is 4.90 Å². The van der Waals surface area contributed by atoms with Gasteiger partial charge in [0.25, 0.3) is 5.91 Å². The van der Waals surface area contributed by atoms with Gasteiger partial charge in [0.15, 0.2) is 0 Å². The van der Waals surface area contributed by atoms with Crippen LogP contribution < -0.4 is 9.80 Å². The maximum absolute atomic E-state index is 13.1. The molecule has 0 radical (unpaired) electrons. The largest absolute Gasteiger partial charge is 0.369 e. The SMILES string of the molecule is O=C1CC(N2CCN(c3ccc(F)cc3)CC2)C(=O)N1c1ccc(Cl)cc1. The number of hydrogen-bond donors (Lipinski definition) is 0. The summed E-state index contributed by atoms with van der Waals surface area (Å²) >= 11 is 5.89. The molecule has 0 bridgehead atoms. The molecule has 2 aliphatic rings. The maximum atomic E-state index is 13.1. The van der Waals surface area contributed by atoms with Crippen LogP contribution in [0.1, 0.15) is 6.42 Å². The molecule has 2 amide bonds. The van der Waals surface area contributed by atoms with Crippen LogP contribution in [-0.4, -0.2) is 48.9 Å². The molecule has 0 aliphatic carbocycles. The fraction of sp³-hybridized carbons (Fsp3) is 0.300. The molecular weight excluding hydrogens is 369 g/mol. The van der Waals surface area contributed by atoms with Crippen molar-refractivity contribution in [2.45, 2.75) is 12.5 Å². The van der Waals surface area contributed by atoms with Crippen LogP contribution in [0.5, 0.6) is 0 Å². The highest BCUT2D eigenvalue weighted by atomic mass is 35.5. The molecule has 140 valence electrons. The van der Waals surface area contributed by atoms with Crippen molar-refractivity contribution in [3.63, 3.8) is 0 Å². The Labute approximate surface area is 161 Å². The van der Waals surface area contributed by atoms with E-state index in [0.29, 0.717) is 23.8 Å². The average molecular weight is 388 g/mol. The minimum Gasteiger partial charge on any atom is -0.369 e. The zero-order chi connectivity index (χ0) is 19.0. The highest BCUT2D eigenvalue weighted by Gasteiger charge is 2.43. The van der Waals surface area contributed by atoms with Gasteiger partial charge in [-0.25, -0.2) is 9.29 Å². The monoisotopic (exact) mass is 387 g/mol. The third-order valence-corrected chi connectivity index (χ3v) is 5.41. The van der Waals surface area contributed by atoms with Crippen molar-refractivity contribution in [3.8, 4) is 0 Å². The Balaban J connectivity index is 1.43. The molecule has 1 atom stereocenters. The normalized spacial score (nSPS) is 21.2. The number of benzene rings is 2. The molecule has 0 aromatic heterocycles. The summed E-state index contributed by atoms with van der Waals surface area (Å²) in [4.78, 5) is 30.8. The first-order valence-corrected chi connectivity index (χ1v) is 9.27. The van der Waals surface area contributed by atoms with E-state index in [4.69, 9.17) is 11.6 Å². The van der Waals surface area contributed by atoms with Gasteiger partial charge in [0.2, 0.25) is 5.91 Å². The van der Waals surface area contributed by atoms with E-state index in [1.54, 1.807) is 36.4 Å². The van der Waals surface area contributed by atoms with Crippen LogP contribution in [0.4, 0.5) is 15.8 Å². The second kappa shape index (κ2) is 7.29. The van der Waals surface area contributed by atoms with Crippen LogP contribution in [0.2, 0.25) is 5.02 Å². The van der Waals surface area contributed by atoms with E-state index in [1.807, 2.05) is 0 Å². The topological polar surface area (TPSA) is 43.9 Å². The van der Waals surface area contributed by atoms with Crippen molar-refractivity contribution in [2.75, 3.05) is 36.0 Å². The van der Waals surface area contributed by atoms with Gasteiger partial charge >= 0.3 is 0 Å². The molecule has 27 heavy (non-hydrogen) atoms. The molecule has 2 aromatic carbocycles. The van der Waals surface area contributed by atoms with E-state index < -0.39 is 6.04 Å². The quantitative estimate of drug-likeness (QED) is 0.759. The van der Waals surface area contributed by atoms with Crippen molar-refractivity contribution >= 4 is 34.8 Å². The molecule has 2 fully saturated rings. The number of carbonyl (C=O) groups excluding carboxylic acids is 2. The number of rotatable bonds is 3. The molecule has 2 saturated heterocycles. The molecule has 5 nitrogen and oxygen atoms in total. The first-order chi connectivity index (χ1) is 13.0. The Kier molecular flexibility index (Phi) is 4.85. The second-order valence-electron chi connectivity index (χ2n) is 6.76. The van der Waals surface area contributed by atoms with Crippen molar-refractivity contribution < 1.29 is 14.0 Å². The standard InChI is InChI=1S/C20H19ClFN3O2/c21-14-1-5-17(6-2-14)25-19(26)13-18(20(25)27)24-11-9-23(10-12-24)16-7-3-15(22)4-8-16/h1-8,18H,9-13H2. The summed E-state index contributed by atoms with van der Waals surface area (Å²) in [5, 5.41) is 0.561. The van der Waals surface area contributed by atoms with Gasteiger partial charge in [-0.3, -0.25) is 14.5 Å². The number of piperazine rings is 1. The van der Waals surface area contributed by atoms with Gasteiger partial charge in [-0.15, -0.1) is 0 Å². The lowest BCUT2D eigenvalue weighted by Gasteiger charge is -2.38. The van der Waals surface area contributed by atoms with E-state index in [2.05, 4.69) is 9.80 Å². The summed E-state index contributed by atoms with van der Waals surface area (Å²) in [6.45, 7) is 2.81. The lowest BCUT2D eigenvalue weighted by molar-refractivity contribution is -0.123. The molecule has 0 spiro atoms. The lowest BCUT2D eigenvalue weighted by Crippen LogP contribution is -2.52. The summed E-state index contributed by atoms with van der Waals surface area (Å²) < 4.78 is 13.1. The first kappa shape index (κ1) is 17.9. The molecule has 2 aliphatic heterocycles. The summed E-state index contributed by atoms with van der Waals surface area (Å²) in [6.07, 6.45) is 0.192. The number of nitrogens with zero attached hydrogens (tertiary/aromatic N) is 3. The van der Waals surface area contributed by atoms with Gasteiger partial charge in [-0.2, -0.15) is 0 Å². The van der Waals surface area contributed by atoms with Crippen molar-refractivity contribution in [3.05, 3.63) is 59.4 Å². The Bertz CT molecular complexity index is 849. The number of carbonyl (C=O) groups is 2. The third-order valence-electron chi connectivity index (χ3n) is 5.15. The molecule has 0 saturated carbocycles. The summed E-state index contributed by atoms with van der Waals surface area (Å²) in [5.74, 6) is -0.624. The molecular formula is C20H19ClFN3O2. The van der Waals surface area contributed by atoms with E-state index in [-0.39, 0.29) is 24.1 Å². The third kappa shape index (κ3) is 3.55. The zero-order valence-corrected chi connectivity index (χ0v) is 15.4. The Morgan fingerprint density at radius 3 is 2.07 bits per heavy atom. The summed E-state index contributed by atoms with van der Waals surface area (Å²) in [7, 11) is 0. The molecule has 0 N–H and O–H groups in total. The van der Waals surface area contributed by atoms with Crippen LogP contribution in [-0.2, 0) is 9.59 Å². The van der Waals surface area contributed by atoms with Gasteiger partial charge < -0.3 is 4.90 Å². The minimum absolute atomic E-state index is 0.183. The predicted molar refractivity (Wildman–Crippen MR) is 103 cm³/mol. The average Bonchev–Trinajstić information content (AvgIpc) is 2.98. The lowest BCUT2D eigenvalue weighted by atomic mass is 10.1. The molecule has 4 rings (SSSR count). The predicted octanol–water partition coefficient (Wildman–Crippen LogP) is 2.93. The molecule has 7 heteroatoms. The highest BCUT2D eigenvalue weighted by molar-refractivity contribution is 6.30. The highest BCUT2D eigenvalue weighted by Crippen LogP contribution is 2.28. The van der Waals surface area contributed by atoms with E-state index >= 15 is 0 Å². The molecule has 2 heterocycles. The Morgan fingerprint density at radius 2 is 1.44 bits per heavy atom. The fourth-order valence-electron chi connectivity index (χ4n) is 3.71.